The highest BCUT2D eigenvalue weighted by Crippen LogP contribution is 2.52. The highest BCUT2D eigenvalue weighted by molar-refractivity contribution is 6.31. The van der Waals surface area contributed by atoms with Crippen LogP contribution in [0.5, 0.6) is 0 Å². The van der Waals surface area contributed by atoms with E-state index < -0.39 is 23.7 Å². The van der Waals surface area contributed by atoms with Crippen molar-refractivity contribution in [2.45, 2.75) is 58.9 Å². The number of fused-ring (bicyclic) bond motifs is 1. The second-order valence-corrected chi connectivity index (χ2v) is 9.19. The Kier molecular flexibility index (Phi) is 5.08. The number of alkyl halides is 3. The molecular weight excluding hydrogens is 393 g/mol. The molecule has 1 aliphatic carbocycles. The number of hydrogen-bond acceptors (Lipinski definition) is 3. The molecular formula is C20H24ClF3N2O2. The molecule has 1 heterocycles. The summed E-state index contributed by atoms with van der Waals surface area (Å²) in [4.78, 5) is 12.9. The molecule has 8 heteroatoms. The fourth-order valence-electron chi connectivity index (χ4n) is 4.11. The lowest BCUT2D eigenvalue weighted by molar-refractivity contribution is -0.314. The van der Waals surface area contributed by atoms with Crippen molar-refractivity contribution in [1.29, 1.82) is 0 Å². The van der Waals surface area contributed by atoms with Gasteiger partial charge in [0, 0.05) is 16.3 Å². The number of hydrogen-bond donors (Lipinski definition) is 1. The van der Waals surface area contributed by atoms with Crippen LogP contribution in [-0.2, 0) is 0 Å². The lowest BCUT2D eigenvalue weighted by Crippen LogP contribution is -2.62. The molecule has 3 atom stereocenters. The number of amides is 1. The van der Waals surface area contributed by atoms with Crippen LogP contribution in [0.25, 0.3) is 0 Å². The first kappa shape index (κ1) is 21.1. The molecule has 1 fully saturated rings. The van der Waals surface area contributed by atoms with Gasteiger partial charge in [0.15, 0.2) is 0 Å². The van der Waals surface area contributed by atoms with Gasteiger partial charge in [0.25, 0.3) is 11.6 Å². The Hall–Kier alpha value is -1.60. The molecule has 28 heavy (non-hydrogen) atoms. The van der Waals surface area contributed by atoms with Gasteiger partial charge in [-0.15, -0.1) is 0 Å². The number of carbonyl (C=O) groups excluding carboxylic acids is 1. The van der Waals surface area contributed by atoms with Crippen LogP contribution in [0.4, 0.5) is 13.2 Å². The summed E-state index contributed by atoms with van der Waals surface area (Å²) >= 11 is 5.95. The Morgan fingerprint density at radius 3 is 2.50 bits per heavy atom. The summed E-state index contributed by atoms with van der Waals surface area (Å²) < 4.78 is 42.2. The lowest BCUT2D eigenvalue weighted by atomic mass is 9.66. The average molecular weight is 417 g/mol. The molecule has 1 aliphatic heterocycles. The highest BCUT2D eigenvalue weighted by Gasteiger charge is 2.69. The number of nitrogens with zero attached hydrogens (tertiary/aromatic N) is 2. The minimum atomic E-state index is -5.04. The predicted molar refractivity (Wildman–Crippen MR) is 101 cm³/mol. The average Bonchev–Trinajstić information content (AvgIpc) is 2.89. The van der Waals surface area contributed by atoms with Gasteiger partial charge in [-0.2, -0.15) is 23.3 Å². The van der Waals surface area contributed by atoms with E-state index in [2.05, 4.69) is 5.10 Å². The monoisotopic (exact) mass is 416 g/mol. The highest BCUT2D eigenvalue weighted by atomic mass is 35.5. The number of carbonyl (C=O) groups is 1. The smallest absolute Gasteiger partial charge is 0.362 e. The maximum Gasteiger partial charge on any atom is 0.439 e. The van der Waals surface area contributed by atoms with Gasteiger partial charge in [-0.25, -0.2) is 0 Å². The summed E-state index contributed by atoms with van der Waals surface area (Å²) in [5.74, 6) is -2.27. The van der Waals surface area contributed by atoms with Crippen molar-refractivity contribution in [3.05, 3.63) is 34.3 Å². The topological polar surface area (TPSA) is 52.9 Å². The van der Waals surface area contributed by atoms with E-state index in [4.69, 9.17) is 11.6 Å². The molecule has 0 radical (unpaired) electrons. The van der Waals surface area contributed by atoms with Crippen molar-refractivity contribution < 1.29 is 23.1 Å². The summed E-state index contributed by atoms with van der Waals surface area (Å²) in [6.45, 7) is 7.57. The third-order valence-corrected chi connectivity index (χ3v) is 6.37. The number of aliphatic hydroxyl groups is 1. The van der Waals surface area contributed by atoms with Gasteiger partial charge >= 0.3 is 6.18 Å². The van der Waals surface area contributed by atoms with Crippen LogP contribution in [0.2, 0.25) is 5.02 Å². The summed E-state index contributed by atoms with van der Waals surface area (Å²) in [7, 11) is 0. The van der Waals surface area contributed by atoms with E-state index in [-0.39, 0.29) is 34.0 Å². The zero-order valence-electron chi connectivity index (χ0n) is 16.3. The third kappa shape index (κ3) is 3.32. The van der Waals surface area contributed by atoms with Crippen LogP contribution < -0.4 is 0 Å². The maximum atomic E-state index is 14.1. The van der Waals surface area contributed by atoms with Crippen molar-refractivity contribution in [3.63, 3.8) is 0 Å². The van der Waals surface area contributed by atoms with Crippen LogP contribution in [0.3, 0.4) is 0 Å². The molecule has 0 unspecified atom stereocenters. The normalized spacial score (nSPS) is 28.2. The van der Waals surface area contributed by atoms with E-state index in [1.807, 2.05) is 20.8 Å². The Bertz CT molecular complexity index is 832. The lowest BCUT2D eigenvalue weighted by Gasteiger charge is -2.42. The van der Waals surface area contributed by atoms with Crippen molar-refractivity contribution in [2.24, 2.45) is 22.4 Å². The molecule has 0 bridgehead atoms. The van der Waals surface area contributed by atoms with Crippen LogP contribution >= 0.6 is 11.6 Å². The molecule has 0 spiro atoms. The Morgan fingerprint density at radius 1 is 1.32 bits per heavy atom. The Balaban J connectivity index is 2.03. The first-order valence-electron chi connectivity index (χ1n) is 9.24. The number of aryl methyl sites for hydroxylation is 1. The molecule has 1 aromatic rings. The fourth-order valence-corrected chi connectivity index (χ4v) is 4.23. The molecule has 1 N–H and O–H groups in total. The second-order valence-electron chi connectivity index (χ2n) is 8.79. The van der Waals surface area contributed by atoms with E-state index in [0.29, 0.717) is 23.4 Å². The first-order valence-corrected chi connectivity index (χ1v) is 9.61. The van der Waals surface area contributed by atoms with E-state index in [9.17, 15) is 23.1 Å². The molecule has 1 aromatic carbocycles. The second kappa shape index (κ2) is 6.73. The van der Waals surface area contributed by atoms with Crippen molar-refractivity contribution in [2.75, 3.05) is 0 Å². The van der Waals surface area contributed by atoms with Gasteiger partial charge in [0.05, 0.1) is 5.92 Å². The van der Waals surface area contributed by atoms with Gasteiger partial charge in [-0.1, -0.05) is 32.4 Å². The standard InChI is InChI=1S/C20H24ClF3N2O2/c1-11-9-12(5-7-15(11)21)17(27)26-19(28,20(22,23)24)14-10-13(18(2,3)4)6-8-16(14)25-26/h5,7,9,13-14,28H,6,8,10H2,1-4H3/t13-,14+,19-/m0/s1. The number of halogens is 4. The SMILES string of the molecule is Cc1cc(C(=O)N2N=C3CC[C@H](C(C)(C)C)C[C@H]3[C@]2(O)C(F)(F)F)ccc1Cl. The molecule has 2 aliphatic rings. The van der Waals surface area contributed by atoms with Crippen molar-refractivity contribution in [1.82, 2.24) is 5.01 Å². The fraction of sp³-hybridized carbons (Fsp3) is 0.600. The van der Waals surface area contributed by atoms with Crippen molar-refractivity contribution in [3.8, 4) is 0 Å². The number of hydrazone groups is 1. The van der Waals surface area contributed by atoms with Crippen LogP contribution in [-0.4, -0.2) is 33.6 Å². The number of rotatable bonds is 1. The Labute approximate surface area is 167 Å². The first-order chi connectivity index (χ1) is 12.8. The van der Waals surface area contributed by atoms with E-state index in [1.54, 1.807) is 6.92 Å². The maximum absolute atomic E-state index is 14.1. The molecule has 0 aromatic heterocycles. The van der Waals surface area contributed by atoms with Crippen molar-refractivity contribution >= 4 is 23.2 Å². The molecule has 3 rings (SSSR count). The van der Waals surface area contributed by atoms with E-state index >= 15 is 0 Å². The largest absolute Gasteiger partial charge is 0.439 e. The minimum Gasteiger partial charge on any atom is -0.362 e. The van der Waals surface area contributed by atoms with Crippen LogP contribution in [0.1, 0.15) is 56.0 Å². The summed E-state index contributed by atoms with van der Waals surface area (Å²) in [6, 6.07) is 4.19. The molecule has 4 nitrogen and oxygen atoms in total. The van der Waals surface area contributed by atoms with Gasteiger partial charge in [-0.3, -0.25) is 4.79 Å². The molecule has 0 saturated heterocycles. The quantitative estimate of drug-likeness (QED) is 0.686. The number of benzene rings is 1. The van der Waals surface area contributed by atoms with E-state index in [1.165, 1.54) is 18.2 Å². The third-order valence-electron chi connectivity index (χ3n) is 5.95. The molecule has 1 amide bonds. The van der Waals surface area contributed by atoms with Gasteiger partial charge < -0.3 is 5.11 Å². The van der Waals surface area contributed by atoms with Gasteiger partial charge in [0.2, 0.25) is 0 Å². The molecule has 1 saturated carbocycles. The van der Waals surface area contributed by atoms with Gasteiger partial charge in [-0.05, 0) is 61.3 Å². The van der Waals surface area contributed by atoms with Gasteiger partial charge in [0.1, 0.15) is 0 Å². The van der Waals surface area contributed by atoms with Crippen LogP contribution in [0, 0.1) is 24.2 Å². The summed E-state index contributed by atoms with van der Waals surface area (Å²) in [6.07, 6.45) is -3.91. The Morgan fingerprint density at radius 2 is 1.96 bits per heavy atom. The summed E-state index contributed by atoms with van der Waals surface area (Å²) in [5.41, 5.74) is -2.76. The van der Waals surface area contributed by atoms with E-state index in [0.717, 1.165) is 0 Å². The predicted octanol–water partition coefficient (Wildman–Crippen LogP) is 5.17. The zero-order valence-corrected chi connectivity index (χ0v) is 17.0. The summed E-state index contributed by atoms with van der Waals surface area (Å²) in [5, 5.41) is 15.5. The zero-order chi connectivity index (χ0) is 21.1. The minimum absolute atomic E-state index is 0.0000525. The molecule has 154 valence electrons. The van der Waals surface area contributed by atoms with Crippen LogP contribution in [0.15, 0.2) is 23.3 Å².